The van der Waals surface area contributed by atoms with Crippen molar-refractivity contribution in [3.8, 4) is 0 Å². The summed E-state index contributed by atoms with van der Waals surface area (Å²) in [5, 5.41) is 0. The first-order valence-corrected chi connectivity index (χ1v) is 14.2. The van der Waals surface area contributed by atoms with E-state index in [4.69, 9.17) is 0 Å². The number of benzene rings is 2. The maximum Gasteiger partial charge on any atom is 0.211 e. The molecule has 2 aromatic carbocycles. The van der Waals surface area contributed by atoms with Crippen LogP contribution in [0.5, 0.6) is 0 Å². The van der Waals surface area contributed by atoms with Gasteiger partial charge in [-0.15, -0.1) is 0 Å². The van der Waals surface area contributed by atoms with Crippen molar-refractivity contribution in [2.75, 3.05) is 0 Å². The molecule has 0 aliphatic carbocycles. The van der Waals surface area contributed by atoms with Crippen molar-refractivity contribution in [2.24, 2.45) is 0 Å². The molecule has 0 atom stereocenters. The maximum atomic E-state index is 11.8. The standard InChI is InChI=1S/C33H46N2/c1-7-12-15-27-19-28(16-13-8-2)23-30(22-27)33-31(17-14-9-3)24(6)32(35(33)34)29-20-25(10-4)18-26(11-5)21-29/h18-23H,7-17H2,1-6H3. The number of nitrogens with zero attached hydrogens (tertiary/aromatic N) is 2. The summed E-state index contributed by atoms with van der Waals surface area (Å²) in [4.78, 5) is 0. The van der Waals surface area contributed by atoms with Crippen molar-refractivity contribution in [2.45, 2.75) is 112 Å². The predicted octanol–water partition coefficient (Wildman–Crippen LogP) is 9.88. The Morgan fingerprint density at radius 3 is 1.49 bits per heavy atom. The molecule has 35 heavy (non-hydrogen) atoms. The molecule has 0 unspecified atom stereocenters. The average molecular weight is 471 g/mol. The van der Waals surface area contributed by atoms with Gasteiger partial charge in [-0.05, 0) is 105 Å². The fourth-order valence-electron chi connectivity index (χ4n) is 5.27. The van der Waals surface area contributed by atoms with Gasteiger partial charge in [-0.3, -0.25) is 0 Å². The van der Waals surface area contributed by atoms with Crippen LogP contribution in [0.25, 0.3) is 16.9 Å². The van der Waals surface area contributed by atoms with E-state index in [1.54, 1.807) is 0 Å². The second-order valence-corrected chi connectivity index (χ2v) is 10.2. The van der Waals surface area contributed by atoms with E-state index in [0.29, 0.717) is 0 Å². The Morgan fingerprint density at radius 1 is 0.571 bits per heavy atom. The molecule has 0 aromatic heterocycles. The lowest BCUT2D eigenvalue weighted by molar-refractivity contribution is -0.345. The Morgan fingerprint density at radius 2 is 1.00 bits per heavy atom. The van der Waals surface area contributed by atoms with Crippen molar-refractivity contribution < 1.29 is 4.70 Å². The van der Waals surface area contributed by atoms with Gasteiger partial charge in [0.2, 0.25) is 11.4 Å². The Kier molecular flexibility index (Phi) is 10.1. The third-order valence-electron chi connectivity index (χ3n) is 7.40. The molecule has 0 spiro atoms. The molecule has 0 saturated heterocycles. The summed E-state index contributed by atoms with van der Waals surface area (Å²) in [5.41, 5.74) is 24.0. The number of rotatable bonds is 13. The van der Waals surface area contributed by atoms with E-state index in [9.17, 15) is 5.53 Å². The minimum absolute atomic E-state index is 0.963. The lowest BCUT2D eigenvalue weighted by atomic mass is 9.93. The van der Waals surface area contributed by atoms with Gasteiger partial charge in [-0.25, -0.2) is 4.70 Å². The molecule has 1 heterocycles. The van der Waals surface area contributed by atoms with Gasteiger partial charge in [0.1, 0.15) is 0 Å². The third-order valence-corrected chi connectivity index (χ3v) is 7.40. The van der Waals surface area contributed by atoms with Crippen LogP contribution in [0.15, 0.2) is 47.5 Å². The summed E-state index contributed by atoms with van der Waals surface area (Å²) >= 11 is 0. The minimum Gasteiger partial charge on any atom is -0.493 e. The van der Waals surface area contributed by atoms with E-state index in [1.165, 1.54) is 69.3 Å². The van der Waals surface area contributed by atoms with Crippen LogP contribution in [0.4, 0.5) is 0 Å². The lowest BCUT2D eigenvalue weighted by Gasteiger charge is -2.14. The van der Waals surface area contributed by atoms with Gasteiger partial charge < -0.3 is 5.53 Å². The van der Waals surface area contributed by atoms with Crippen molar-refractivity contribution in [3.63, 3.8) is 0 Å². The zero-order valence-corrected chi connectivity index (χ0v) is 23.1. The normalized spacial score (nSPS) is 13.9. The molecule has 2 heteroatoms. The topological polar surface area (TPSA) is 25.3 Å². The lowest BCUT2D eigenvalue weighted by Crippen LogP contribution is -2.05. The molecular weight excluding hydrogens is 424 g/mol. The van der Waals surface area contributed by atoms with Crippen LogP contribution < -0.4 is 0 Å². The smallest absolute Gasteiger partial charge is 0.211 e. The molecule has 188 valence electrons. The molecule has 2 aromatic rings. The highest BCUT2D eigenvalue weighted by atomic mass is 15.2. The van der Waals surface area contributed by atoms with Crippen LogP contribution >= 0.6 is 0 Å². The third kappa shape index (κ3) is 6.40. The molecule has 1 aliphatic rings. The molecule has 2 nitrogen and oxygen atoms in total. The fourth-order valence-corrected chi connectivity index (χ4v) is 5.27. The van der Waals surface area contributed by atoms with Crippen LogP contribution in [0.3, 0.4) is 0 Å². The van der Waals surface area contributed by atoms with E-state index in [2.05, 4.69) is 77.9 Å². The summed E-state index contributed by atoms with van der Waals surface area (Å²) in [6, 6.07) is 13.9. The van der Waals surface area contributed by atoms with Crippen LogP contribution in [0, 0.1) is 0 Å². The van der Waals surface area contributed by atoms with Gasteiger partial charge in [0.15, 0.2) is 0 Å². The number of hydrogen-bond donors (Lipinski definition) is 0. The van der Waals surface area contributed by atoms with Crippen molar-refractivity contribution in [1.29, 1.82) is 0 Å². The quantitative estimate of drug-likeness (QED) is 0.260. The largest absolute Gasteiger partial charge is 0.493 e. The molecule has 0 bridgehead atoms. The first kappa shape index (κ1) is 27.1. The molecule has 0 radical (unpaired) electrons. The van der Waals surface area contributed by atoms with Gasteiger partial charge in [-0.1, -0.05) is 66.0 Å². The number of unbranched alkanes of at least 4 members (excludes halogenated alkanes) is 3. The number of aryl methyl sites for hydroxylation is 4. The van der Waals surface area contributed by atoms with Crippen molar-refractivity contribution in [1.82, 2.24) is 0 Å². The molecule has 0 fully saturated rings. The average Bonchev–Trinajstić information content (AvgIpc) is 3.13. The maximum absolute atomic E-state index is 11.8. The van der Waals surface area contributed by atoms with Crippen LogP contribution in [-0.2, 0) is 25.7 Å². The van der Waals surface area contributed by atoms with Gasteiger partial charge in [0.05, 0.1) is 0 Å². The van der Waals surface area contributed by atoms with E-state index in [-0.39, 0.29) is 0 Å². The highest BCUT2D eigenvalue weighted by Crippen LogP contribution is 2.43. The fraction of sp³-hybridized carbons (Fsp3) is 0.515. The van der Waals surface area contributed by atoms with Crippen LogP contribution in [-0.4, -0.2) is 4.70 Å². The Hall–Kier alpha value is -2.48. The van der Waals surface area contributed by atoms with Gasteiger partial charge in [-0.2, -0.15) is 0 Å². The first-order chi connectivity index (χ1) is 17.0. The SMILES string of the molecule is CCCCC1=C(c2cc(CCCC)cc(CCCC)c2)[N+](=[N-])C(c2cc(CC)cc(CC)c2)=C1C. The van der Waals surface area contributed by atoms with Crippen molar-refractivity contribution >= 4 is 11.4 Å². The van der Waals surface area contributed by atoms with E-state index in [0.717, 1.165) is 61.9 Å². The van der Waals surface area contributed by atoms with Gasteiger partial charge >= 0.3 is 0 Å². The van der Waals surface area contributed by atoms with Crippen LogP contribution in [0.1, 0.15) is 120 Å². The summed E-state index contributed by atoms with van der Waals surface area (Å²) < 4.78 is 1.52. The summed E-state index contributed by atoms with van der Waals surface area (Å²) in [5.74, 6) is 0. The Balaban J connectivity index is 2.14. The second kappa shape index (κ2) is 13.0. The van der Waals surface area contributed by atoms with Gasteiger partial charge in [0.25, 0.3) is 0 Å². The van der Waals surface area contributed by atoms with E-state index >= 15 is 0 Å². The number of hydrogen-bond acceptors (Lipinski definition) is 0. The Labute approximate surface area is 214 Å². The highest BCUT2D eigenvalue weighted by molar-refractivity contribution is 5.82. The monoisotopic (exact) mass is 470 g/mol. The molecule has 0 amide bonds. The summed E-state index contributed by atoms with van der Waals surface area (Å²) in [6.45, 7) is 13.4. The highest BCUT2D eigenvalue weighted by Gasteiger charge is 2.33. The minimum atomic E-state index is 0.963. The van der Waals surface area contributed by atoms with Crippen LogP contribution in [0.2, 0.25) is 0 Å². The van der Waals surface area contributed by atoms with Crippen molar-refractivity contribution in [3.05, 3.63) is 86.5 Å². The van der Waals surface area contributed by atoms with E-state index < -0.39 is 0 Å². The Bertz CT molecular complexity index is 1050. The second-order valence-electron chi connectivity index (χ2n) is 10.2. The predicted molar refractivity (Wildman–Crippen MR) is 152 cm³/mol. The van der Waals surface area contributed by atoms with E-state index in [1.807, 2.05) is 0 Å². The first-order valence-electron chi connectivity index (χ1n) is 14.2. The van der Waals surface area contributed by atoms with Gasteiger partial charge in [0, 0.05) is 22.3 Å². The summed E-state index contributed by atoms with van der Waals surface area (Å²) in [7, 11) is 0. The molecule has 1 aliphatic heterocycles. The summed E-state index contributed by atoms with van der Waals surface area (Å²) in [6.07, 6.45) is 12.3. The molecular formula is C33H46N2. The molecule has 0 N–H and O–H groups in total. The number of allylic oxidation sites excluding steroid dienone is 2. The zero-order valence-electron chi connectivity index (χ0n) is 23.1. The zero-order chi connectivity index (χ0) is 25.4. The molecule has 3 rings (SSSR count). The molecule has 0 saturated carbocycles.